The van der Waals surface area contributed by atoms with Gasteiger partial charge in [-0.15, -0.1) is 0 Å². The fraction of sp³-hybridized carbons (Fsp3) is 0.167. The van der Waals surface area contributed by atoms with E-state index in [9.17, 15) is 4.79 Å². The van der Waals surface area contributed by atoms with E-state index in [-0.39, 0.29) is 12.0 Å². The lowest BCUT2D eigenvalue weighted by Crippen LogP contribution is -2.40. The molecule has 1 aliphatic heterocycles. The smallest absolute Gasteiger partial charge is 0.244 e. The van der Waals surface area contributed by atoms with Crippen molar-refractivity contribution in [3.05, 3.63) is 66.2 Å². The van der Waals surface area contributed by atoms with E-state index in [1.54, 1.807) is 6.08 Å². The van der Waals surface area contributed by atoms with Crippen LogP contribution in [0.1, 0.15) is 5.56 Å². The van der Waals surface area contributed by atoms with Crippen LogP contribution in [0.25, 0.3) is 6.08 Å². The van der Waals surface area contributed by atoms with Crippen molar-refractivity contribution in [3.63, 3.8) is 0 Å². The Kier molecular flexibility index (Phi) is 4.39. The van der Waals surface area contributed by atoms with E-state index in [4.69, 9.17) is 9.47 Å². The lowest BCUT2D eigenvalue weighted by atomic mass is 10.2. The van der Waals surface area contributed by atoms with Crippen molar-refractivity contribution in [3.8, 4) is 11.5 Å². The van der Waals surface area contributed by atoms with Gasteiger partial charge in [0.05, 0.1) is 6.54 Å². The highest BCUT2D eigenvalue weighted by Gasteiger charge is 2.20. The normalized spacial score (nSPS) is 16.5. The molecule has 1 amide bonds. The highest BCUT2D eigenvalue weighted by molar-refractivity contribution is 5.91. The maximum Gasteiger partial charge on any atom is 0.244 e. The van der Waals surface area contributed by atoms with Crippen LogP contribution in [-0.4, -0.2) is 25.2 Å². The van der Waals surface area contributed by atoms with Gasteiger partial charge in [0.15, 0.2) is 11.5 Å². The van der Waals surface area contributed by atoms with Crippen LogP contribution in [0.2, 0.25) is 0 Å². The van der Waals surface area contributed by atoms with Gasteiger partial charge in [0.1, 0.15) is 12.7 Å². The number of amides is 1. The maximum absolute atomic E-state index is 11.8. The van der Waals surface area contributed by atoms with Gasteiger partial charge in [0, 0.05) is 6.08 Å². The Balaban J connectivity index is 1.49. The first-order valence-electron chi connectivity index (χ1n) is 7.21. The SMILES string of the molecule is O=C(/C=C/c1ccccc1)NC[C@H]1COc2ccccc2O1. The Morgan fingerprint density at radius 2 is 1.82 bits per heavy atom. The third-order valence-corrected chi connectivity index (χ3v) is 3.30. The van der Waals surface area contributed by atoms with Crippen LogP contribution >= 0.6 is 0 Å². The third kappa shape index (κ3) is 3.67. The number of para-hydroxylation sites is 2. The second-order valence-corrected chi connectivity index (χ2v) is 4.99. The molecule has 1 atom stereocenters. The van der Waals surface area contributed by atoms with E-state index in [2.05, 4.69) is 5.32 Å². The highest BCUT2D eigenvalue weighted by atomic mass is 16.6. The van der Waals surface area contributed by atoms with Crippen molar-refractivity contribution < 1.29 is 14.3 Å². The molecule has 112 valence electrons. The van der Waals surface area contributed by atoms with Crippen LogP contribution in [0.15, 0.2) is 60.7 Å². The number of nitrogens with one attached hydrogen (secondary N) is 1. The molecule has 2 aromatic rings. The number of hydrogen-bond donors (Lipinski definition) is 1. The molecule has 22 heavy (non-hydrogen) atoms. The summed E-state index contributed by atoms with van der Waals surface area (Å²) in [5, 5.41) is 2.82. The highest BCUT2D eigenvalue weighted by Crippen LogP contribution is 2.30. The van der Waals surface area contributed by atoms with E-state index in [0.717, 1.165) is 11.3 Å². The van der Waals surface area contributed by atoms with Gasteiger partial charge in [0.2, 0.25) is 5.91 Å². The third-order valence-electron chi connectivity index (χ3n) is 3.30. The summed E-state index contributed by atoms with van der Waals surface area (Å²) in [6, 6.07) is 17.2. The molecule has 0 aromatic heterocycles. The van der Waals surface area contributed by atoms with Crippen molar-refractivity contribution in [2.24, 2.45) is 0 Å². The molecular formula is C18H17NO3. The molecule has 3 rings (SSSR count). The quantitative estimate of drug-likeness (QED) is 0.882. The number of ether oxygens (including phenoxy) is 2. The summed E-state index contributed by atoms with van der Waals surface area (Å²) in [5.41, 5.74) is 0.990. The molecular weight excluding hydrogens is 278 g/mol. The average molecular weight is 295 g/mol. The molecule has 0 saturated carbocycles. The molecule has 0 fully saturated rings. The first kappa shape index (κ1) is 14.2. The van der Waals surface area contributed by atoms with E-state index in [0.29, 0.717) is 18.9 Å². The molecule has 0 saturated heterocycles. The largest absolute Gasteiger partial charge is 0.486 e. The van der Waals surface area contributed by atoms with Gasteiger partial charge in [-0.05, 0) is 23.8 Å². The van der Waals surface area contributed by atoms with Gasteiger partial charge in [-0.1, -0.05) is 42.5 Å². The summed E-state index contributed by atoms with van der Waals surface area (Å²) in [7, 11) is 0. The van der Waals surface area contributed by atoms with E-state index in [1.165, 1.54) is 6.08 Å². The zero-order valence-electron chi connectivity index (χ0n) is 12.1. The van der Waals surface area contributed by atoms with Crippen LogP contribution in [0.3, 0.4) is 0 Å². The average Bonchev–Trinajstić information content (AvgIpc) is 2.59. The molecule has 1 N–H and O–H groups in total. The summed E-state index contributed by atoms with van der Waals surface area (Å²) in [6.45, 7) is 0.839. The first-order chi connectivity index (χ1) is 10.8. The van der Waals surface area contributed by atoms with Crippen LogP contribution in [0.5, 0.6) is 11.5 Å². The Morgan fingerprint density at radius 1 is 1.09 bits per heavy atom. The van der Waals surface area contributed by atoms with E-state index < -0.39 is 0 Å². The first-order valence-corrected chi connectivity index (χ1v) is 7.21. The summed E-state index contributed by atoms with van der Waals surface area (Å²) in [6.07, 6.45) is 3.12. The molecule has 0 radical (unpaired) electrons. The number of benzene rings is 2. The molecule has 1 aliphatic rings. The van der Waals surface area contributed by atoms with Gasteiger partial charge >= 0.3 is 0 Å². The molecule has 2 aromatic carbocycles. The minimum atomic E-state index is -0.177. The number of hydrogen-bond acceptors (Lipinski definition) is 3. The minimum Gasteiger partial charge on any atom is -0.486 e. The van der Waals surface area contributed by atoms with E-state index >= 15 is 0 Å². The second-order valence-electron chi connectivity index (χ2n) is 4.99. The van der Waals surface area contributed by atoms with E-state index in [1.807, 2.05) is 54.6 Å². The van der Waals surface area contributed by atoms with Crippen LogP contribution in [-0.2, 0) is 4.79 Å². The fourth-order valence-electron chi connectivity index (χ4n) is 2.17. The zero-order chi connectivity index (χ0) is 15.2. The van der Waals surface area contributed by atoms with Crippen molar-refractivity contribution in [1.29, 1.82) is 0 Å². The van der Waals surface area contributed by atoms with Crippen molar-refractivity contribution in [1.82, 2.24) is 5.32 Å². The van der Waals surface area contributed by atoms with Gasteiger partial charge in [-0.2, -0.15) is 0 Å². The molecule has 4 nitrogen and oxygen atoms in total. The van der Waals surface area contributed by atoms with Crippen molar-refractivity contribution in [2.45, 2.75) is 6.10 Å². The van der Waals surface area contributed by atoms with Crippen molar-refractivity contribution in [2.75, 3.05) is 13.2 Å². The number of carbonyl (C=O) groups excluding carboxylic acids is 1. The van der Waals surface area contributed by atoms with Gasteiger partial charge in [-0.3, -0.25) is 4.79 Å². The summed E-state index contributed by atoms with van der Waals surface area (Å²) in [5.74, 6) is 1.31. The lowest BCUT2D eigenvalue weighted by Gasteiger charge is -2.26. The predicted octanol–water partition coefficient (Wildman–Crippen LogP) is 2.66. The molecule has 0 bridgehead atoms. The second kappa shape index (κ2) is 6.80. The van der Waals surface area contributed by atoms with Crippen LogP contribution < -0.4 is 14.8 Å². The Labute approximate surface area is 129 Å². The maximum atomic E-state index is 11.8. The Morgan fingerprint density at radius 3 is 2.64 bits per heavy atom. The van der Waals surface area contributed by atoms with Crippen LogP contribution in [0.4, 0.5) is 0 Å². The molecule has 0 unspecified atom stereocenters. The predicted molar refractivity (Wildman–Crippen MR) is 84.8 cm³/mol. The molecule has 0 spiro atoms. The molecule has 4 heteroatoms. The fourth-order valence-corrected chi connectivity index (χ4v) is 2.17. The number of fused-ring (bicyclic) bond motifs is 1. The van der Waals surface area contributed by atoms with Gasteiger partial charge in [0.25, 0.3) is 0 Å². The summed E-state index contributed by atoms with van der Waals surface area (Å²) >= 11 is 0. The summed E-state index contributed by atoms with van der Waals surface area (Å²) in [4.78, 5) is 11.8. The van der Waals surface area contributed by atoms with Crippen molar-refractivity contribution >= 4 is 12.0 Å². The monoisotopic (exact) mass is 295 g/mol. The lowest BCUT2D eigenvalue weighted by molar-refractivity contribution is -0.116. The Bertz CT molecular complexity index is 667. The topological polar surface area (TPSA) is 47.6 Å². The number of rotatable bonds is 4. The van der Waals surface area contributed by atoms with Gasteiger partial charge in [-0.25, -0.2) is 0 Å². The summed E-state index contributed by atoms with van der Waals surface area (Å²) < 4.78 is 11.4. The Hall–Kier alpha value is -2.75. The van der Waals surface area contributed by atoms with Crippen LogP contribution in [0, 0.1) is 0 Å². The number of carbonyl (C=O) groups is 1. The van der Waals surface area contributed by atoms with Gasteiger partial charge < -0.3 is 14.8 Å². The zero-order valence-corrected chi connectivity index (χ0v) is 12.1. The molecule has 0 aliphatic carbocycles. The minimum absolute atomic E-state index is 0.147. The molecule has 1 heterocycles. The standard InChI is InChI=1S/C18H17NO3/c20-18(11-10-14-6-2-1-3-7-14)19-12-15-13-21-16-8-4-5-9-17(16)22-15/h1-11,15H,12-13H2,(H,19,20)/b11-10+/t15-/m0/s1.